The Morgan fingerprint density at radius 2 is 1.72 bits per heavy atom. The third kappa shape index (κ3) is 4.73. The molecule has 0 saturated heterocycles. The highest BCUT2D eigenvalue weighted by atomic mass is 16.5. The van der Waals surface area contributed by atoms with Crippen LogP contribution < -0.4 is 15.8 Å². The van der Waals surface area contributed by atoms with Crippen LogP contribution >= 0.6 is 0 Å². The Morgan fingerprint density at radius 1 is 0.960 bits per heavy atom. The predicted molar refractivity (Wildman–Crippen MR) is 103 cm³/mol. The van der Waals surface area contributed by atoms with E-state index in [2.05, 4.69) is 41.5 Å². The van der Waals surface area contributed by atoms with Gasteiger partial charge in [0.25, 0.3) is 0 Å². The smallest absolute Gasteiger partial charge is 0.130 e. The zero-order valence-electron chi connectivity index (χ0n) is 14.6. The number of ether oxygens (including phenoxy) is 1. The molecule has 3 aromatic rings. The van der Waals surface area contributed by atoms with Gasteiger partial charge in [-0.3, -0.25) is 4.98 Å². The van der Waals surface area contributed by atoms with E-state index in [4.69, 9.17) is 10.5 Å². The van der Waals surface area contributed by atoms with E-state index in [1.54, 1.807) is 0 Å². The SMILES string of the molecule is Cc1ccc(CNc2cc(OCc3ccc(C)cn3)ccc2N)cc1. The van der Waals surface area contributed by atoms with Crippen molar-refractivity contribution in [1.82, 2.24) is 4.98 Å². The van der Waals surface area contributed by atoms with E-state index in [9.17, 15) is 0 Å². The standard InChI is InChI=1S/C21H23N3O/c1-15-3-6-17(7-4-15)13-24-21-11-19(9-10-20(21)22)25-14-18-8-5-16(2)12-23-18/h3-12,24H,13-14,22H2,1-2H3. The zero-order valence-corrected chi connectivity index (χ0v) is 14.6. The lowest BCUT2D eigenvalue weighted by Crippen LogP contribution is -2.04. The first kappa shape index (κ1) is 16.8. The van der Waals surface area contributed by atoms with Crippen LogP contribution in [0, 0.1) is 13.8 Å². The summed E-state index contributed by atoms with van der Waals surface area (Å²) in [6.07, 6.45) is 1.84. The minimum Gasteiger partial charge on any atom is -0.487 e. The molecule has 3 rings (SSSR count). The van der Waals surface area contributed by atoms with Crippen LogP contribution in [0.3, 0.4) is 0 Å². The van der Waals surface area contributed by atoms with Gasteiger partial charge in [-0.15, -0.1) is 0 Å². The molecule has 0 aliphatic rings. The summed E-state index contributed by atoms with van der Waals surface area (Å²) in [5, 5.41) is 3.37. The molecule has 0 unspecified atom stereocenters. The molecule has 3 N–H and O–H groups in total. The maximum Gasteiger partial charge on any atom is 0.130 e. The molecular formula is C21H23N3O. The average molecular weight is 333 g/mol. The van der Waals surface area contributed by atoms with Crippen LogP contribution in [0.1, 0.15) is 22.4 Å². The molecule has 0 saturated carbocycles. The quantitative estimate of drug-likeness (QED) is 0.653. The van der Waals surface area contributed by atoms with Gasteiger partial charge in [-0.05, 0) is 43.2 Å². The number of anilines is 2. The van der Waals surface area contributed by atoms with Gasteiger partial charge >= 0.3 is 0 Å². The van der Waals surface area contributed by atoms with Crippen molar-refractivity contribution in [2.24, 2.45) is 0 Å². The molecule has 2 aromatic carbocycles. The number of pyridine rings is 1. The molecule has 1 aromatic heterocycles. The third-order valence-electron chi connectivity index (χ3n) is 3.99. The highest BCUT2D eigenvalue weighted by Crippen LogP contribution is 2.25. The summed E-state index contributed by atoms with van der Waals surface area (Å²) in [4.78, 5) is 4.35. The van der Waals surface area contributed by atoms with Gasteiger partial charge in [0.2, 0.25) is 0 Å². The Bertz CT molecular complexity index is 827. The fourth-order valence-corrected chi connectivity index (χ4v) is 2.42. The molecule has 0 bridgehead atoms. The van der Waals surface area contributed by atoms with Crippen molar-refractivity contribution in [3.05, 3.63) is 83.2 Å². The van der Waals surface area contributed by atoms with E-state index < -0.39 is 0 Å². The minimum absolute atomic E-state index is 0.432. The molecule has 0 aliphatic heterocycles. The molecule has 0 amide bonds. The van der Waals surface area contributed by atoms with Crippen molar-refractivity contribution in [2.45, 2.75) is 27.0 Å². The third-order valence-corrected chi connectivity index (χ3v) is 3.99. The van der Waals surface area contributed by atoms with Gasteiger partial charge < -0.3 is 15.8 Å². The summed E-state index contributed by atoms with van der Waals surface area (Å²) in [6, 6.07) is 18.1. The summed E-state index contributed by atoms with van der Waals surface area (Å²) < 4.78 is 5.84. The molecule has 0 fully saturated rings. The molecule has 0 atom stereocenters. The minimum atomic E-state index is 0.432. The second-order valence-corrected chi connectivity index (χ2v) is 6.20. The summed E-state index contributed by atoms with van der Waals surface area (Å²) in [6.45, 7) is 5.25. The van der Waals surface area contributed by atoms with Crippen LogP contribution in [0.4, 0.5) is 11.4 Å². The number of nitrogens with zero attached hydrogens (tertiary/aromatic N) is 1. The molecule has 4 heteroatoms. The van der Waals surface area contributed by atoms with Gasteiger partial charge in [0.05, 0.1) is 17.1 Å². The Kier molecular flexibility index (Phi) is 5.19. The fourth-order valence-electron chi connectivity index (χ4n) is 2.42. The van der Waals surface area contributed by atoms with Gasteiger partial charge in [-0.25, -0.2) is 0 Å². The molecule has 0 spiro atoms. The van der Waals surface area contributed by atoms with Gasteiger partial charge in [-0.2, -0.15) is 0 Å². The molecular weight excluding hydrogens is 310 g/mol. The maximum atomic E-state index is 6.07. The number of nitrogen functional groups attached to an aromatic ring is 1. The highest BCUT2D eigenvalue weighted by Gasteiger charge is 2.04. The molecule has 0 aliphatic carbocycles. The number of rotatable bonds is 6. The summed E-state index contributed by atoms with van der Waals surface area (Å²) in [5.74, 6) is 0.767. The van der Waals surface area contributed by atoms with Crippen LogP contribution in [0.25, 0.3) is 0 Å². The zero-order chi connectivity index (χ0) is 17.6. The second-order valence-electron chi connectivity index (χ2n) is 6.20. The lowest BCUT2D eigenvalue weighted by molar-refractivity contribution is 0.301. The average Bonchev–Trinajstić information content (AvgIpc) is 2.62. The van der Waals surface area contributed by atoms with Gasteiger partial charge in [0, 0.05) is 18.8 Å². The van der Waals surface area contributed by atoms with Crippen molar-refractivity contribution in [2.75, 3.05) is 11.1 Å². The largest absolute Gasteiger partial charge is 0.487 e. The molecule has 128 valence electrons. The topological polar surface area (TPSA) is 60.2 Å². The summed E-state index contributed by atoms with van der Waals surface area (Å²) >= 11 is 0. The van der Waals surface area contributed by atoms with Crippen molar-refractivity contribution >= 4 is 11.4 Å². The van der Waals surface area contributed by atoms with Gasteiger partial charge in [0.1, 0.15) is 12.4 Å². The van der Waals surface area contributed by atoms with Gasteiger partial charge in [0.15, 0.2) is 0 Å². The monoisotopic (exact) mass is 333 g/mol. The van der Waals surface area contributed by atoms with Crippen LogP contribution in [0.15, 0.2) is 60.8 Å². The summed E-state index contributed by atoms with van der Waals surface area (Å²) in [5.41, 5.74) is 12.1. The number of nitrogens with two attached hydrogens (primary N) is 1. The molecule has 25 heavy (non-hydrogen) atoms. The number of nitrogens with one attached hydrogen (secondary N) is 1. The van der Waals surface area contributed by atoms with E-state index in [1.165, 1.54) is 11.1 Å². The molecule has 4 nitrogen and oxygen atoms in total. The Hall–Kier alpha value is -3.01. The first-order chi connectivity index (χ1) is 12.1. The van der Waals surface area contributed by atoms with Crippen LogP contribution in [0.5, 0.6) is 5.75 Å². The van der Waals surface area contributed by atoms with E-state index >= 15 is 0 Å². The van der Waals surface area contributed by atoms with Crippen LogP contribution in [0.2, 0.25) is 0 Å². The van der Waals surface area contributed by atoms with E-state index in [-0.39, 0.29) is 0 Å². The first-order valence-electron chi connectivity index (χ1n) is 8.33. The molecule has 1 heterocycles. The van der Waals surface area contributed by atoms with Gasteiger partial charge in [-0.1, -0.05) is 35.9 Å². The first-order valence-corrected chi connectivity index (χ1v) is 8.33. The number of aromatic nitrogens is 1. The van der Waals surface area contributed by atoms with Crippen LogP contribution in [-0.4, -0.2) is 4.98 Å². The van der Waals surface area contributed by atoms with E-state index in [0.29, 0.717) is 18.8 Å². The highest BCUT2D eigenvalue weighted by molar-refractivity contribution is 5.68. The maximum absolute atomic E-state index is 6.07. The number of aryl methyl sites for hydroxylation is 2. The Balaban J connectivity index is 1.63. The predicted octanol–water partition coefficient (Wildman–Crippen LogP) is 4.47. The van der Waals surface area contributed by atoms with Crippen molar-refractivity contribution in [1.29, 1.82) is 0 Å². The van der Waals surface area contributed by atoms with Crippen molar-refractivity contribution in [3.63, 3.8) is 0 Å². The number of hydrogen-bond acceptors (Lipinski definition) is 4. The lowest BCUT2D eigenvalue weighted by atomic mass is 10.1. The number of hydrogen-bond donors (Lipinski definition) is 2. The lowest BCUT2D eigenvalue weighted by Gasteiger charge is -2.12. The summed E-state index contributed by atoms with van der Waals surface area (Å²) in [7, 11) is 0. The van der Waals surface area contributed by atoms with Crippen molar-refractivity contribution < 1.29 is 4.74 Å². The van der Waals surface area contributed by atoms with Crippen molar-refractivity contribution in [3.8, 4) is 5.75 Å². The number of benzene rings is 2. The van der Waals surface area contributed by atoms with E-state index in [1.807, 2.05) is 43.5 Å². The Morgan fingerprint density at radius 3 is 2.44 bits per heavy atom. The normalized spacial score (nSPS) is 10.5. The molecule has 0 radical (unpaired) electrons. The van der Waals surface area contributed by atoms with E-state index in [0.717, 1.165) is 22.7 Å². The fraction of sp³-hybridized carbons (Fsp3) is 0.190. The second kappa shape index (κ2) is 7.71. The Labute approximate surface area is 148 Å². The van der Waals surface area contributed by atoms with Crippen LogP contribution in [-0.2, 0) is 13.2 Å².